The second-order valence-electron chi connectivity index (χ2n) is 4.21. The minimum Gasteiger partial charge on any atom is -0.316 e. The van der Waals surface area contributed by atoms with Gasteiger partial charge in [0.1, 0.15) is 10.7 Å². The van der Waals surface area contributed by atoms with Crippen LogP contribution in [0.1, 0.15) is 5.56 Å². The molecule has 2 rings (SSSR count). The summed E-state index contributed by atoms with van der Waals surface area (Å²) < 4.78 is 40.2. The van der Waals surface area contributed by atoms with Crippen molar-refractivity contribution >= 4 is 15.8 Å². The molecule has 7 nitrogen and oxygen atoms in total. The first-order valence-electron chi connectivity index (χ1n) is 5.94. The zero-order chi connectivity index (χ0) is 15.5. The Morgan fingerprint density at radius 1 is 1.29 bits per heavy atom. The van der Waals surface area contributed by atoms with Crippen LogP contribution in [0.5, 0.6) is 0 Å². The highest BCUT2D eigenvalue weighted by atomic mass is 32.2. The quantitative estimate of drug-likeness (QED) is 0.743. The van der Waals surface area contributed by atoms with Gasteiger partial charge in [-0.25, -0.2) is 17.9 Å². The van der Waals surface area contributed by atoms with Crippen molar-refractivity contribution in [2.45, 2.75) is 11.4 Å². The summed E-state index contributed by atoms with van der Waals surface area (Å²) in [5.74, 6) is -0.972. The normalized spacial score (nSPS) is 11.3. The van der Waals surface area contributed by atoms with Crippen molar-refractivity contribution in [3.05, 3.63) is 52.1 Å². The van der Waals surface area contributed by atoms with Crippen molar-refractivity contribution in [2.24, 2.45) is 0 Å². The van der Waals surface area contributed by atoms with E-state index in [1.54, 1.807) is 7.05 Å². The number of sulfonamides is 1. The van der Waals surface area contributed by atoms with Crippen LogP contribution in [0.3, 0.4) is 0 Å². The van der Waals surface area contributed by atoms with E-state index in [0.717, 1.165) is 12.1 Å². The molecule has 1 aromatic heterocycles. The highest BCUT2D eigenvalue weighted by Gasteiger charge is 2.20. The first kappa shape index (κ1) is 15.1. The smallest absolute Gasteiger partial charge is 0.266 e. The summed E-state index contributed by atoms with van der Waals surface area (Å²) in [4.78, 5) is 10.4. The van der Waals surface area contributed by atoms with Crippen LogP contribution in [0.4, 0.5) is 10.2 Å². The molecular weight excluding hydrogens is 299 g/mol. The summed E-state index contributed by atoms with van der Waals surface area (Å²) in [5, 5.41) is 8.45. The van der Waals surface area contributed by atoms with E-state index in [4.69, 9.17) is 0 Å². The molecule has 21 heavy (non-hydrogen) atoms. The number of anilines is 1. The van der Waals surface area contributed by atoms with Crippen LogP contribution in [-0.2, 0) is 16.6 Å². The molecule has 9 heteroatoms. The third-order valence-corrected chi connectivity index (χ3v) is 3.95. The van der Waals surface area contributed by atoms with E-state index in [9.17, 15) is 17.6 Å². The molecule has 2 aromatic rings. The maximum Gasteiger partial charge on any atom is 0.266 e. The van der Waals surface area contributed by atoms with Gasteiger partial charge in [0.15, 0.2) is 5.82 Å². The van der Waals surface area contributed by atoms with Crippen LogP contribution in [-0.4, -0.2) is 25.7 Å². The molecule has 0 aliphatic heterocycles. The lowest BCUT2D eigenvalue weighted by Crippen LogP contribution is -2.18. The molecule has 0 fully saturated rings. The van der Waals surface area contributed by atoms with Gasteiger partial charge in [-0.3, -0.25) is 9.52 Å². The number of halogens is 1. The Bertz CT molecular complexity index is 784. The molecule has 0 aliphatic carbocycles. The van der Waals surface area contributed by atoms with Gasteiger partial charge in [0.2, 0.25) is 0 Å². The monoisotopic (exact) mass is 312 g/mol. The second kappa shape index (κ2) is 6.02. The number of aromatic amines is 1. The zero-order valence-corrected chi connectivity index (χ0v) is 11.9. The Morgan fingerprint density at radius 2 is 2.05 bits per heavy atom. The fraction of sp³-hybridized carbons (Fsp3) is 0.167. The van der Waals surface area contributed by atoms with E-state index in [1.165, 1.54) is 18.2 Å². The summed E-state index contributed by atoms with van der Waals surface area (Å²) in [6.07, 6.45) is 0. The molecule has 112 valence electrons. The lowest BCUT2D eigenvalue weighted by molar-refractivity contribution is 0.568. The van der Waals surface area contributed by atoms with Crippen LogP contribution >= 0.6 is 0 Å². The number of benzene rings is 1. The first-order valence-corrected chi connectivity index (χ1v) is 7.42. The van der Waals surface area contributed by atoms with Gasteiger partial charge in [-0.15, -0.1) is 0 Å². The molecule has 0 spiro atoms. The highest BCUT2D eigenvalue weighted by molar-refractivity contribution is 7.92. The fourth-order valence-electron chi connectivity index (χ4n) is 1.66. The number of hydrogen-bond donors (Lipinski definition) is 3. The summed E-state index contributed by atoms with van der Waals surface area (Å²) in [5.41, 5.74) is 0.147. The highest BCUT2D eigenvalue weighted by Crippen LogP contribution is 2.19. The Morgan fingerprint density at radius 3 is 2.67 bits per heavy atom. The molecule has 0 bridgehead atoms. The number of H-pyrrole nitrogens is 1. The summed E-state index contributed by atoms with van der Waals surface area (Å²) in [6.45, 7) is 0.402. The molecule has 0 atom stereocenters. The van der Waals surface area contributed by atoms with Gasteiger partial charge in [0, 0.05) is 12.6 Å². The van der Waals surface area contributed by atoms with Crippen LogP contribution < -0.4 is 15.6 Å². The van der Waals surface area contributed by atoms with Gasteiger partial charge in [0.25, 0.3) is 15.6 Å². The van der Waals surface area contributed by atoms with Gasteiger partial charge >= 0.3 is 0 Å². The Kier molecular flexibility index (Phi) is 4.34. The van der Waals surface area contributed by atoms with E-state index in [1.807, 2.05) is 0 Å². The molecule has 0 saturated carbocycles. The van der Waals surface area contributed by atoms with Gasteiger partial charge < -0.3 is 5.32 Å². The Labute approximate surface area is 120 Å². The number of hydrogen-bond acceptors (Lipinski definition) is 5. The van der Waals surface area contributed by atoms with Crippen molar-refractivity contribution < 1.29 is 12.8 Å². The predicted octanol–water partition coefficient (Wildman–Crippen LogP) is 0.429. The second-order valence-corrected chi connectivity index (χ2v) is 5.86. The minimum absolute atomic E-state index is 0.104. The minimum atomic E-state index is -4.13. The zero-order valence-electron chi connectivity index (χ0n) is 11.1. The van der Waals surface area contributed by atoms with E-state index in [-0.39, 0.29) is 5.82 Å². The van der Waals surface area contributed by atoms with Gasteiger partial charge in [0.05, 0.1) is 0 Å². The predicted molar refractivity (Wildman–Crippen MR) is 74.8 cm³/mol. The fourth-order valence-corrected chi connectivity index (χ4v) is 2.79. The molecular formula is C12H13FN4O3S. The summed E-state index contributed by atoms with van der Waals surface area (Å²) in [6, 6.07) is 6.11. The molecule has 1 aromatic carbocycles. The maximum atomic E-state index is 13.8. The van der Waals surface area contributed by atoms with Gasteiger partial charge in [-0.1, -0.05) is 6.07 Å². The van der Waals surface area contributed by atoms with Crippen molar-refractivity contribution in [1.29, 1.82) is 0 Å². The number of nitrogens with one attached hydrogen (secondary N) is 3. The van der Waals surface area contributed by atoms with Crippen LogP contribution in [0.2, 0.25) is 0 Å². The number of rotatable bonds is 5. The van der Waals surface area contributed by atoms with Crippen LogP contribution in [0.25, 0.3) is 0 Å². The maximum absolute atomic E-state index is 13.8. The average molecular weight is 312 g/mol. The van der Waals surface area contributed by atoms with Gasteiger partial charge in [-0.2, -0.15) is 5.10 Å². The molecule has 0 amide bonds. The SMILES string of the molecule is CNCc1ccc(F)c(S(=O)(=O)Nc2ccc(=O)[nH]n2)c1. The van der Waals surface area contributed by atoms with Crippen molar-refractivity contribution in [2.75, 3.05) is 11.8 Å². The number of aromatic nitrogens is 2. The third kappa shape index (κ3) is 3.64. The number of nitrogens with zero attached hydrogens (tertiary/aromatic N) is 1. The molecule has 0 radical (unpaired) electrons. The average Bonchev–Trinajstić information content (AvgIpc) is 2.43. The summed E-state index contributed by atoms with van der Waals surface area (Å²) in [7, 11) is -2.44. The first-order chi connectivity index (χ1) is 9.92. The van der Waals surface area contributed by atoms with Crippen molar-refractivity contribution in [3.8, 4) is 0 Å². The van der Waals surface area contributed by atoms with E-state index >= 15 is 0 Å². The van der Waals surface area contributed by atoms with E-state index in [0.29, 0.717) is 12.1 Å². The molecule has 0 unspecified atom stereocenters. The molecule has 0 saturated heterocycles. The van der Waals surface area contributed by atoms with Crippen molar-refractivity contribution in [3.63, 3.8) is 0 Å². The molecule has 3 N–H and O–H groups in total. The third-order valence-electron chi connectivity index (χ3n) is 2.58. The van der Waals surface area contributed by atoms with Crippen LogP contribution in [0.15, 0.2) is 40.0 Å². The van der Waals surface area contributed by atoms with Crippen molar-refractivity contribution in [1.82, 2.24) is 15.5 Å². The summed E-state index contributed by atoms with van der Waals surface area (Å²) >= 11 is 0. The van der Waals surface area contributed by atoms with E-state index in [2.05, 4.69) is 20.2 Å². The molecule has 1 heterocycles. The van der Waals surface area contributed by atoms with Gasteiger partial charge in [-0.05, 0) is 30.8 Å². The largest absolute Gasteiger partial charge is 0.316 e. The van der Waals surface area contributed by atoms with E-state index < -0.39 is 26.3 Å². The topological polar surface area (TPSA) is 104 Å². The standard InChI is InChI=1S/C12H13FN4O3S/c1-14-7-8-2-3-9(13)10(6-8)21(19,20)17-11-4-5-12(18)16-15-11/h2-6,14H,7H2,1H3,(H,15,17)(H,16,18). The lowest BCUT2D eigenvalue weighted by atomic mass is 10.2. The molecule has 0 aliphatic rings. The van der Waals surface area contributed by atoms with Crippen LogP contribution in [0, 0.1) is 5.82 Å². The Hall–Kier alpha value is -2.26. The Balaban J connectivity index is 2.36. The lowest BCUT2D eigenvalue weighted by Gasteiger charge is -2.09.